The third-order valence-electron chi connectivity index (χ3n) is 5.06. The van der Waals surface area contributed by atoms with E-state index in [0.29, 0.717) is 34.8 Å². The Morgan fingerprint density at radius 2 is 1.94 bits per heavy atom. The number of thioether (sulfide) groups is 1. The van der Waals surface area contributed by atoms with E-state index in [0.717, 1.165) is 5.56 Å². The zero-order valence-electron chi connectivity index (χ0n) is 18.5. The predicted octanol–water partition coefficient (Wildman–Crippen LogP) is 3.74. The standard InChI is InChI=1S/C23H19FN8O2S/c1-15-26-29-30-32(15)19-12-17(9-10-18(19)24)25-21(33)14-35-23-28-27-22(20-8-5-11-34-20)31(23)13-16-6-3-2-4-7-16/h2-12H,13-14H2,1H3,(H,25,33). The van der Waals surface area contributed by atoms with E-state index in [1.165, 1.54) is 34.6 Å². The van der Waals surface area contributed by atoms with E-state index in [9.17, 15) is 9.18 Å². The fourth-order valence-electron chi connectivity index (χ4n) is 3.43. The van der Waals surface area contributed by atoms with Crippen molar-refractivity contribution in [3.8, 4) is 17.3 Å². The zero-order chi connectivity index (χ0) is 24.2. The van der Waals surface area contributed by atoms with E-state index >= 15 is 0 Å². The van der Waals surface area contributed by atoms with E-state index in [-0.39, 0.29) is 17.3 Å². The highest BCUT2D eigenvalue weighted by Crippen LogP contribution is 2.26. The number of nitrogens with zero attached hydrogens (tertiary/aromatic N) is 7. The fourth-order valence-corrected chi connectivity index (χ4v) is 4.16. The number of aromatic nitrogens is 7. The number of anilines is 1. The predicted molar refractivity (Wildman–Crippen MR) is 126 cm³/mol. The number of aryl methyl sites for hydroxylation is 1. The molecule has 0 atom stereocenters. The zero-order valence-corrected chi connectivity index (χ0v) is 19.3. The summed E-state index contributed by atoms with van der Waals surface area (Å²) in [4.78, 5) is 12.7. The molecule has 0 aliphatic rings. The Morgan fingerprint density at radius 1 is 1.09 bits per heavy atom. The van der Waals surface area contributed by atoms with Gasteiger partial charge in [-0.05, 0) is 53.2 Å². The Morgan fingerprint density at radius 3 is 2.69 bits per heavy atom. The summed E-state index contributed by atoms with van der Waals surface area (Å²) in [6, 6.07) is 17.7. The molecule has 5 rings (SSSR count). The summed E-state index contributed by atoms with van der Waals surface area (Å²) >= 11 is 1.24. The van der Waals surface area contributed by atoms with Gasteiger partial charge in [0.25, 0.3) is 0 Å². The number of nitrogens with one attached hydrogen (secondary N) is 1. The first kappa shape index (κ1) is 22.5. The van der Waals surface area contributed by atoms with Crippen LogP contribution < -0.4 is 5.32 Å². The number of rotatable bonds is 8. The van der Waals surface area contributed by atoms with Gasteiger partial charge in [-0.15, -0.1) is 15.3 Å². The molecule has 0 aliphatic heterocycles. The molecule has 0 fully saturated rings. The van der Waals surface area contributed by atoms with Crippen molar-refractivity contribution in [2.45, 2.75) is 18.6 Å². The molecule has 3 aromatic heterocycles. The summed E-state index contributed by atoms with van der Waals surface area (Å²) in [6.45, 7) is 2.17. The second-order valence-electron chi connectivity index (χ2n) is 7.50. The lowest BCUT2D eigenvalue weighted by atomic mass is 10.2. The lowest BCUT2D eigenvalue weighted by Gasteiger charge is -2.10. The van der Waals surface area contributed by atoms with Crippen molar-refractivity contribution in [1.29, 1.82) is 0 Å². The summed E-state index contributed by atoms with van der Waals surface area (Å²) in [5.74, 6) is 0.861. The number of carbonyl (C=O) groups excluding carboxylic acids is 1. The Hall–Kier alpha value is -4.32. The van der Waals surface area contributed by atoms with E-state index in [1.54, 1.807) is 19.3 Å². The molecule has 1 amide bonds. The summed E-state index contributed by atoms with van der Waals surface area (Å²) in [5.41, 5.74) is 1.62. The molecule has 5 aromatic rings. The first-order chi connectivity index (χ1) is 17.1. The molecule has 0 radical (unpaired) electrons. The van der Waals surface area contributed by atoms with Crippen molar-refractivity contribution < 1.29 is 13.6 Å². The molecular formula is C23H19FN8O2S. The monoisotopic (exact) mass is 490 g/mol. The van der Waals surface area contributed by atoms with Gasteiger partial charge in [0, 0.05) is 5.69 Å². The minimum Gasteiger partial charge on any atom is -0.461 e. The van der Waals surface area contributed by atoms with Crippen molar-refractivity contribution >= 4 is 23.4 Å². The molecule has 35 heavy (non-hydrogen) atoms. The fraction of sp³-hybridized carbons (Fsp3) is 0.130. The average molecular weight is 491 g/mol. The van der Waals surface area contributed by atoms with Crippen LogP contribution in [0, 0.1) is 12.7 Å². The third-order valence-corrected chi connectivity index (χ3v) is 6.02. The molecule has 0 aliphatic carbocycles. The maximum absolute atomic E-state index is 14.3. The molecule has 0 unspecified atom stereocenters. The largest absolute Gasteiger partial charge is 0.461 e. The normalized spacial score (nSPS) is 11.0. The topological polar surface area (TPSA) is 117 Å². The number of benzene rings is 2. The van der Waals surface area contributed by atoms with Crippen molar-refractivity contribution in [3.05, 3.63) is 84.1 Å². The lowest BCUT2D eigenvalue weighted by molar-refractivity contribution is -0.113. The van der Waals surface area contributed by atoms with E-state index in [2.05, 4.69) is 31.0 Å². The van der Waals surface area contributed by atoms with Crippen LogP contribution in [0.3, 0.4) is 0 Å². The molecule has 1 N–H and O–H groups in total. The number of furan rings is 1. The minimum absolute atomic E-state index is 0.0711. The summed E-state index contributed by atoms with van der Waals surface area (Å²) in [5, 5.41) is 23.0. The molecule has 10 nitrogen and oxygen atoms in total. The quantitative estimate of drug-likeness (QED) is 0.327. The first-order valence-electron chi connectivity index (χ1n) is 10.6. The maximum atomic E-state index is 14.3. The van der Waals surface area contributed by atoms with Gasteiger partial charge in [-0.3, -0.25) is 9.36 Å². The number of halogens is 1. The van der Waals surface area contributed by atoms with Crippen LogP contribution in [0.1, 0.15) is 11.4 Å². The molecule has 12 heteroatoms. The van der Waals surface area contributed by atoms with Gasteiger partial charge in [0.2, 0.25) is 11.7 Å². The highest BCUT2D eigenvalue weighted by atomic mass is 32.2. The molecule has 0 saturated heterocycles. The van der Waals surface area contributed by atoms with Crippen molar-refractivity contribution in [3.63, 3.8) is 0 Å². The summed E-state index contributed by atoms with van der Waals surface area (Å²) in [6.07, 6.45) is 1.57. The summed E-state index contributed by atoms with van der Waals surface area (Å²) < 4.78 is 23.0. The second kappa shape index (κ2) is 9.89. The highest BCUT2D eigenvalue weighted by Gasteiger charge is 2.18. The van der Waals surface area contributed by atoms with Crippen molar-refractivity contribution in [2.75, 3.05) is 11.1 Å². The molecule has 0 bridgehead atoms. The van der Waals surface area contributed by atoms with E-state index < -0.39 is 5.82 Å². The van der Waals surface area contributed by atoms with Crippen LogP contribution in [0.5, 0.6) is 0 Å². The number of carbonyl (C=O) groups is 1. The lowest BCUT2D eigenvalue weighted by Crippen LogP contribution is -2.15. The van der Waals surface area contributed by atoms with Crippen LogP contribution in [0.2, 0.25) is 0 Å². The van der Waals surface area contributed by atoms with Gasteiger partial charge in [-0.25, -0.2) is 4.39 Å². The van der Waals surface area contributed by atoms with Crippen molar-refractivity contribution in [2.24, 2.45) is 0 Å². The van der Waals surface area contributed by atoms with Gasteiger partial charge in [0.05, 0.1) is 18.6 Å². The molecule has 0 spiro atoms. The third kappa shape index (κ3) is 4.96. The van der Waals surface area contributed by atoms with Crippen LogP contribution in [-0.4, -0.2) is 46.6 Å². The van der Waals surface area contributed by atoms with Crippen LogP contribution in [0.25, 0.3) is 17.3 Å². The van der Waals surface area contributed by atoms with Crippen LogP contribution in [0.4, 0.5) is 10.1 Å². The SMILES string of the molecule is Cc1nnnn1-c1cc(NC(=O)CSc2nnc(-c3ccco3)n2Cc2ccccc2)ccc1F. The van der Waals surface area contributed by atoms with Crippen LogP contribution in [-0.2, 0) is 11.3 Å². The number of tetrazole rings is 1. The van der Waals surface area contributed by atoms with Crippen LogP contribution in [0.15, 0.2) is 76.5 Å². The summed E-state index contributed by atoms with van der Waals surface area (Å²) in [7, 11) is 0. The van der Waals surface area contributed by atoms with Crippen molar-refractivity contribution in [1.82, 2.24) is 35.0 Å². The van der Waals surface area contributed by atoms with E-state index in [4.69, 9.17) is 4.42 Å². The Bertz CT molecular complexity index is 1450. The van der Waals surface area contributed by atoms with Gasteiger partial charge in [-0.1, -0.05) is 42.1 Å². The van der Waals surface area contributed by atoms with E-state index in [1.807, 2.05) is 41.0 Å². The number of amides is 1. The molecule has 3 heterocycles. The molecule has 176 valence electrons. The number of hydrogen-bond donors (Lipinski definition) is 1. The highest BCUT2D eigenvalue weighted by molar-refractivity contribution is 7.99. The molecule has 0 saturated carbocycles. The minimum atomic E-state index is -0.507. The van der Waals surface area contributed by atoms with Gasteiger partial charge in [0.1, 0.15) is 11.5 Å². The van der Waals surface area contributed by atoms with Crippen LogP contribution >= 0.6 is 11.8 Å². The Balaban J connectivity index is 1.32. The maximum Gasteiger partial charge on any atom is 0.234 e. The van der Waals surface area contributed by atoms with Gasteiger partial charge < -0.3 is 9.73 Å². The van der Waals surface area contributed by atoms with Gasteiger partial charge in [0.15, 0.2) is 16.7 Å². The Labute approximate surface area is 203 Å². The average Bonchev–Trinajstić information content (AvgIpc) is 3.61. The van der Waals surface area contributed by atoms with Gasteiger partial charge in [-0.2, -0.15) is 4.68 Å². The van der Waals surface area contributed by atoms with Gasteiger partial charge >= 0.3 is 0 Å². The number of hydrogen-bond acceptors (Lipinski definition) is 8. The first-order valence-corrected chi connectivity index (χ1v) is 11.6. The Kier molecular flexibility index (Phi) is 6.35. The second-order valence-corrected chi connectivity index (χ2v) is 8.44. The molecule has 2 aromatic carbocycles. The smallest absolute Gasteiger partial charge is 0.234 e. The molecular weight excluding hydrogens is 471 g/mol.